The van der Waals surface area contributed by atoms with Crippen molar-refractivity contribution in [3.8, 4) is 17.6 Å². The molecule has 0 aliphatic heterocycles. The van der Waals surface area contributed by atoms with Gasteiger partial charge in [0.15, 0.2) is 11.5 Å². The summed E-state index contributed by atoms with van der Waals surface area (Å²) in [4.78, 5) is 12.6. The van der Waals surface area contributed by atoms with E-state index in [4.69, 9.17) is 21.1 Å². The van der Waals surface area contributed by atoms with Crippen LogP contribution in [0.15, 0.2) is 35.9 Å². The zero-order valence-electron chi connectivity index (χ0n) is 16.4. The number of nitriles is 1. The lowest BCUT2D eigenvalue weighted by atomic mass is 10.1. The second-order valence-electron chi connectivity index (χ2n) is 6.13. The van der Waals surface area contributed by atoms with Gasteiger partial charge in [-0.15, -0.1) is 0 Å². The molecule has 0 aliphatic rings. The first kappa shape index (κ1) is 21.3. The molecule has 0 atom stereocenters. The van der Waals surface area contributed by atoms with Crippen LogP contribution in [0.2, 0.25) is 5.02 Å². The van der Waals surface area contributed by atoms with Gasteiger partial charge < -0.3 is 14.8 Å². The average molecular weight is 399 g/mol. The Morgan fingerprint density at radius 1 is 1.14 bits per heavy atom. The summed E-state index contributed by atoms with van der Waals surface area (Å²) in [5.74, 6) is 0.524. The van der Waals surface area contributed by atoms with E-state index in [1.165, 1.54) is 6.08 Å². The minimum atomic E-state index is -0.501. The minimum Gasteiger partial charge on any atom is -0.490 e. The number of halogens is 1. The number of rotatable bonds is 7. The molecule has 0 bridgehead atoms. The lowest BCUT2D eigenvalue weighted by molar-refractivity contribution is -0.112. The average Bonchev–Trinajstić information content (AvgIpc) is 2.66. The summed E-state index contributed by atoms with van der Waals surface area (Å²) in [5, 5.41) is 12.6. The molecule has 2 rings (SSSR count). The van der Waals surface area contributed by atoms with E-state index in [-0.39, 0.29) is 5.57 Å². The van der Waals surface area contributed by atoms with E-state index in [2.05, 4.69) is 5.32 Å². The maximum Gasteiger partial charge on any atom is 0.266 e. The summed E-state index contributed by atoms with van der Waals surface area (Å²) >= 11 is 6.33. The lowest BCUT2D eigenvalue weighted by Crippen LogP contribution is -2.14. The number of aryl methyl sites for hydroxylation is 2. The zero-order chi connectivity index (χ0) is 20.7. The molecule has 6 heteroatoms. The number of ether oxygens (including phenoxy) is 2. The third kappa shape index (κ3) is 5.28. The topological polar surface area (TPSA) is 71.3 Å². The molecule has 0 radical (unpaired) electrons. The van der Waals surface area contributed by atoms with Crippen molar-refractivity contribution in [3.05, 3.63) is 57.6 Å². The van der Waals surface area contributed by atoms with Crippen molar-refractivity contribution in [2.45, 2.75) is 27.7 Å². The van der Waals surface area contributed by atoms with E-state index < -0.39 is 5.91 Å². The molecule has 0 heterocycles. The van der Waals surface area contributed by atoms with E-state index >= 15 is 0 Å². The Morgan fingerprint density at radius 2 is 1.79 bits per heavy atom. The van der Waals surface area contributed by atoms with Gasteiger partial charge in [-0.05, 0) is 62.6 Å². The molecule has 2 aromatic rings. The largest absolute Gasteiger partial charge is 0.490 e. The Kier molecular flexibility index (Phi) is 7.48. The molecule has 146 valence electrons. The highest BCUT2D eigenvalue weighted by atomic mass is 35.5. The first-order valence-corrected chi connectivity index (χ1v) is 9.36. The van der Waals surface area contributed by atoms with Gasteiger partial charge in [0.05, 0.1) is 18.2 Å². The fraction of sp³-hybridized carbons (Fsp3) is 0.273. The van der Waals surface area contributed by atoms with Crippen LogP contribution in [0.4, 0.5) is 5.69 Å². The van der Waals surface area contributed by atoms with E-state index in [1.54, 1.807) is 12.1 Å². The predicted octanol–water partition coefficient (Wildman–Crippen LogP) is 5.30. The fourth-order valence-corrected chi connectivity index (χ4v) is 2.77. The van der Waals surface area contributed by atoms with Crippen molar-refractivity contribution in [1.29, 1.82) is 5.26 Å². The van der Waals surface area contributed by atoms with E-state index in [1.807, 2.05) is 52.0 Å². The highest BCUT2D eigenvalue weighted by Crippen LogP contribution is 2.34. The maximum absolute atomic E-state index is 12.6. The Bertz CT molecular complexity index is 946. The van der Waals surface area contributed by atoms with Crippen LogP contribution in [0.5, 0.6) is 11.5 Å². The molecule has 0 fully saturated rings. The number of carbonyl (C=O) groups excluding carboxylic acids is 1. The summed E-state index contributed by atoms with van der Waals surface area (Å²) in [7, 11) is 0. The van der Waals surface area contributed by atoms with E-state index in [9.17, 15) is 10.1 Å². The number of carbonyl (C=O) groups is 1. The second-order valence-corrected chi connectivity index (χ2v) is 6.54. The summed E-state index contributed by atoms with van der Waals surface area (Å²) in [5.41, 5.74) is 3.03. The SMILES string of the molecule is CCOc1cc(Cl)c(/C=C(\C#N)C(=O)Nc2cc(C)ccc2C)cc1OCC. The van der Waals surface area contributed by atoms with Crippen molar-refractivity contribution < 1.29 is 14.3 Å². The van der Waals surface area contributed by atoms with Crippen molar-refractivity contribution in [2.75, 3.05) is 18.5 Å². The van der Waals surface area contributed by atoms with Gasteiger partial charge in [-0.2, -0.15) is 5.26 Å². The van der Waals surface area contributed by atoms with Crippen LogP contribution in [-0.4, -0.2) is 19.1 Å². The number of amides is 1. The number of nitrogens with zero attached hydrogens (tertiary/aromatic N) is 1. The van der Waals surface area contributed by atoms with Gasteiger partial charge in [-0.1, -0.05) is 23.7 Å². The van der Waals surface area contributed by atoms with E-state index in [0.29, 0.717) is 41.0 Å². The smallest absolute Gasteiger partial charge is 0.266 e. The zero-order valence-corrected chi connectivity index (χ0v) is 17.2. The van der Waals surface area contributed by atoms with E-state index in [0.717, 1.165) is 11.1 Å². The van der Waals surface area contributed by atoms with Gasteiger partial charge in [0.2, 0.25) is 0 Å². The lowest BCUT2D eigenvalue weighted by Gasteiger charge is -2.13. The number of hydrogen-bond acceptors (Lipinski definition) is 4. The molecule has 0 unspecified atom stereocenters. The van der Waals surface area contributed by atoms with Gasteiger partial charge in [-0.3, -0.25) is 4.79 Å². The monoisotopic (exact) mass is 398 g/mol. The Hall–Kier alpha value is -2.97. The summed E-state index contributed by atoms with van der Waals surface area (Å²) in [6, 6.07) is 11.0. The Morgan fingerprint density at radius 3 is 2.39 bits per heavy atom. The van der Waals surface area contributed by atoms with Gasteiger partial charge in [0, 0.05) is 11.8 Å². The van der Waals surface area contributed by atoms with Crippen LogP contribution >= 0.6 is 11.6 Å². The van der Waals surface area contributed by atoms with Crippen LogP contribution in [0.1, 0.15) is 30.5 Å². The van der Waals surface area contributed by atoms with Gasteiger partial charge in [0.1, 0.15) is 11.6 Å². The van der Waals surface area contributed by atoms with Gasteiger partial charge >= 0.3 is 0 Å². The van der Waals surface area contributed by atoms with Gasteiger partial charge in [-0.25, -0.2) is 0 Å². The van der Waals surface area contributed by atoms with Crippen LogP contribution in [0, 0.1) is 25.2 Å². The molecule has 28 heavy (non-hydrogen) atoms. The van der Waals surface area contributed by atoms with Crippen LogP contribution in [0.3, 0.4) is 0 Å². The molecular weight excluding hydrogens is 376 g/mol. The second kappa shape index (κ2) is 9.82. The molecule has 2 aromatic carbocycles. The van der Waals surface area contributed by atoms with Crippen molar-refractivity contribution in [1.82, 2.24) is 0 Å². The number of anilines is 1. The third-order valence-corrected chi connectivity index (χ3v) is 4.30. The summed E-state index contributed by atoms with van der Waals surface area (Å²) in [6.07, 6.45) is 1.45. The fourth-order valence-electron chi connectivity index (χ4n) is 2.56. The predicted molar refractivity (Wildman–Crippen MR) is 112 cm³/mol. The van der Waals surface area contributed by atoms with Crippen molar-refractivity contribution in [3.63, 3.8) is 0 Å². The normalized spacial score (nSPS) is 10.9. The minimum absolute atomic E-state index is 0.0607. The van der Waals surface area contributed by atoms with Crippen molar-refractivity contribution in [2.24, 2.45) is 0 Å². The molecule has 0 aromatic heterocycles. The van der Waals surface area contributed by atoms with Crippen LogP contribution in [0.25, 0.3) is 6.08 Å². The molecule has 0 saturated heterocycles. The highest BCUT2D eigenvalue weighted by Gasteiger charge is 2.15. The molecule has 1 N–H and O–H groups in total. The molecule has 0 spiro atoms. The number of nitrogens with one attached hydrogen (secondary N) is 1. The molecule has 5 nitrogen and oxygen atoms in total. The van der Waals surface area contributed by atoms with Gasteiger partial charge in [0.25, 0.3) is 5.91 Å². The number of hydrogen-bond donors (Lipinski definition) is 1. The first-order chi connectivity index (χ1) is 13.4. The van der Waals surface area contributed by atoms with Crippen molar-refractivity contribution >= 4 is 29.3 Å². The molecule has 1 amide bonds. The number of benzene rings is 2. The molecule has 0 aliphatic carbocycles. The third-order valence-electron chi connectivity index (χ3n) is 3.97. The van der Waals surface area contributed by atoms with Crippen LogP contribution in [-0.2, 0) is 4.79 Å². The molecule has 0 saturated carbocycles. The summed E-state index contributed by atoms with van der Waals surface area (Å²) in [6.45, 7) is 8.46. The Labute approximate surface area is 170 Å². The maximum atomic E-state index is 12.6. The molecular formula is C22H23ClN2O3. The van der Waals surface area contributed by atoms with Crippen LogP contribution < -0.4 is 14.8 Å². The highest BCUT2D eigenvalue weighted by molar-refractivity contribution is 6.32. The Balaban J connectivity index is 2.37. The standard InChI is InChI=1S/C22H23ClN2O3/c1-5-27-20-11-16(18(23)12-21(20)28-6-2)10-17(13-24)22(26)25-19-9-14(3)7-8-15(19)4/h7-12H,5-6H2,1-4H3,(H,25,26)/b17-10+. The quantitative estimate of drug-likeness (QED) is 0.507. The summed E-state index contributed by atoms with van der Waals surface area (Å²) < 4.78 is 11.1. The first-order valence-electron chi connectivity index (χ1n) is 8.99.